The number of hydrogen-bond donors (Lipinski definition) is 1. The molecule has 2 aliphatic rings. The highest BCUT2D eigenvalue weighted by molar-refractivity contribution is 7.92. The van der Waals surface area contributed by atoms with E-state index in [0.717, 1.165) is 17.7 Å². The molecule has 0 bridgehead atoms. The summed E-state index contributed by atoms with van der Waals surface area (Å²) in [5.74, 6) is 0.929. The Labute approximate surface area is 188 Å². The number of hydrogen-bond acceptors (Lipinski definition) is 4. The lowest BCUT2D eigenvalue weighted by atomic mass is 10.1. The molecule has 2 aromatic carbocycles. The highest BCUT2D eigenvalue weighted by Crippen LogP contribution is 2.36. The number of nitrogens with one attached hydrogen (secondary N) is 1. The Balaban J connectivity index is 1.43. The van der Waals surface area contributed by atoms with Crippen LogP contribution < -0.4 is 9.62 Å². The summed E-state index contributed by atoms with van der Waals surface area (Å²) in [5.41, 5.74) is 2.89. The average Bonchev–Trinajstić information content (AvgIpc) is 3.44. The maximum Gasteiger partial charge on any atom is 0.264 e. The smallest absolute Gasteiger partial charge is 0.264 e. The van der Waals surface area contributed by atoms with Crippen LogP contribution in [0.3, 0.4) is 0 Å². The number of carbonyl (C=O) groups is 1. The summed E-state index contributed by atoms with van der Waals surface area (Å²) >= 11 is 0. The van der Waals surface area contributed by atoms with Crippen molar-refractivity contribution in [3.63, 3.8) is 0 Å². The second kappa shape index (κ2) is 7.78. The molecule has 0 spiro atoms. The van der Waals surface area contributed by atoms with E-state index in [1.54, 1.807) is 24.4 Å². The number of rotatable bonds is 6. The van der Waals surface area contributed by atoms with E-state index in [0.29, 0.717) is 29.4 Å². The molecule has 8 heteroatoms. The van der Waals surface area contributed by atoms with Crippen molar-refractivity contribution in [2.45, 2.75) is 50.6 Å². The number of amides is 1. The molecule has 1 saturated carbocycles. The van der Waals surface area contributed by atoms with Gasteiger partial charge in [0, 0.05) is 23.7 Å². The fraction of sp³-hybridized carbons (Fsp3) is 0.333. The molecule has 3 aromatic rings. The minimum Gasteiger partial charge on any atom is -0.307 e. The fourth-order valence-electron chi connectivity index (χ4n) is 4.32. The molecule has 1 aliphatic heterocycles. The van der Waals surface area contributed by atoms with Crippen LogP contribution in [0.2, 0.25) is 0 Å². The molecule has 1 fully saturated rings. The van der Waals surface area contributed by atoms with Crippen molar-refractivity contribution in [3.05, 3.63) is 71.4 Å². The van der Waals surface area contributed by atoms with E-state index in [-0.39, 0.29) is 16.8 Å². The van der Waals surface area contributed by atoms with Crippen molar-refractivity contribution in [1.82, 2.24) is 9.78 Å². The molecular formula is C24H26N4O3S. The highest BCUT2D eigenvalue weighted by atomic mass is 32.2. The molecule has 1 unspecified atom stereocenters. The molecule has 32 heavy (non-hydrogen) atoms. The van der Waals surface area contributed by atoms with Gasteiger partial charge in [0.2, 0.25) is 0 Å². The standard InChI is InChI=1S/C24H26N4O3S/c1-16-14-25-27(15-18-10-11-18)23(16)26-24(29)20-7-5-8-21(13-20)32(30,31)28-17(2)12-19-6-3-4-9-22(19)28/h3-9,13-14,17-18H,10-12,15H2,1-2H3,(H,26,29). The number of nitrogens with zero attached hydrogens (tertiary/aromatic N) is 3. The molecule has 166 valence electrons. The van der Waals surface area contributed by atoms with Crippen molar-refractivity contribution in [2.75, 3.05) is 9.62 Å². The van der Waals surface area contributed by atoms with Gasteiger partial charge in [0.25, 0.3) is 15.9 Å². The predicted octanol–water partition coefficient (Wildman–Crippen LogP) is 3.99. The highest BCUT2D eigenvalue weighted by Gasteiger charge is 2.36. The van der Waals surface area contributed by atoms with Gasteiger partial charge in [-0.3, -0.25) is 9.10 Å². The largest absolute Gasteiger partial charge is 0.307 e. The summed E-state index contributed by atoms with van der Waals surface area (Å²) in [6, 6.07) is 13.6. The van der Waals surface area contributed by atoms with Gasteiger partial charge in [-0.2, -0.15) is 5.10 Å². The number of carbonyl (C=O) groups excluding carboxylic acids is 1. The van der Waals surface area contributed by atoms with Crippen LogP contribution >= 0.6 is 0 Å². The van der Waals surface area contributed by atoms with E-state index in [9.17, 15) is 13.2 Å². The molecular weight excluding hydrogens is 424 g/mol. The maximum absolute atomic E-state index is 13.5. The number of aryl methyl sites for hydroxylation is 1. The number of anilines is 2. The normalized spacial score (nSPS) is 17.9. The fourth-order valence-corrected chi connectivity index (χ4v) is 6.06. The zero-order chi connectivity index (χ0) is 22.5. The molecule has 1 N–H and O–H groups in total. The van der Waals surface area contributed by atoms with Crippen LogP contribution in [0.5, 0.6) is 0 Å². The molecule has 0 radical (unpaired) electrons. The predicted molar refractivity (Wildman–Crippen MR) is 123 cm³/mol. The number of benzene rings is 2. The van der Waals surface area contributed by atoms with Crippen LogP contribution in [0, 0.1) is 12.8 Å². The third-order valence-electron chi connectivity index (χ3n) is 6.18. The molecule has 5 rings (SSSR count). The van der Waals surface area contributed by atoms with Crippen LogP contribution in [0.15, 0.2) is 59.6 Å². The number of fused-ring (bicyclic) bond motifs is 1. The van der Waals surface area contributed by atoms with Gasteiger partial charge in [0.15, 0.2) is 0 Å². The SMILES string of the molecule is Cc1cnn(CC2CC2)c1NC(=O)c1cccc(S(=O)(=O)N2c3ccccc3CC2C)c1. The van der Waals surface area contributed by atoms with Gasteiger partial charge in [-0.1, -0.05) is 24.3 Å². The summed E-state index contributed by atoms with van der Waals surface area (Å²) < 4.78 is 30.3. The van der Waals surface area contributed by atoms with Gasteiger partial charge in [-0.15, -0.1) is 0 Å². The third kappa shape index (κ3) is 3.68. The Bertz CT molecular complexity index is 1290. The van der Waals surface area contributed by atoms with Crippen LogP contribution in [0.25, 0.3) is 0 Å². The number of para-hydroxylation sites is 1. The Kier molecular flexibility index (Phi) is 5.04. The lowest BCUT2D eigenvalue weighted by molar-refractivity contribution is 0.102. The number of aromatic nitrogens is 2. The second-order valence-corrected chi connectivity index (χ2v) is 10.6. The summed E-state index contributed by atoms with van der Waals surface area (Å²) in [5, 5.41) is 7.31. The molecule has 1 amide bonds. The Hall–Kier alpha value is -3.13. The van der Waals surface area contributed by atoms with E-state index in [2.05, 4.69) is 10.4 Å². The van der Waals surface area contributed by atoms with Crippen LogP contribution in [0.1, 0.15) is 41.3 Å². The molecule has 0 saturated heterocycles. The van der Waals surface area contributed by atoms with E-state index in [4.69, 9.17) is 0 Å². The Morgan fingerprint density at radius 3 is 2.72 bits per heavy atom. The monoisotopic (exact) mass is 450 g/mol. The zero-order valence-corrected chi connectivity index (χ0v) is 19.0. The van der Waals surface area contributed by atoms with Gasteiger partial charge in [-0.05, 0) is 68.9 Å². The summed E-state index contributed by atoms with van der Waals surface area (Å²) in [4.78, 5) is 13.1. The van der Waals surface area contributed by atoms with Crippen molar-refractivity contribution < 1.29 is 13.2 Å². The Morgan fingerprint density at radius 2 is 1.94 bits per heavy atom. The molecule has 1 aromatic heterocycles. The zero-order valence-electron chi connectivity index (χ0n) is 18.2. The minimum atomic E-state index is -3.81. The molecule has 1 aliphatic carbocycles. The van der Waals surface area contributed by atoms with Gasteiger partial charge in [-0.25, -0.2) is 13.1 Å². The topological polar surface area (TPSA) is 84.3 Å². The first-order valence-corrected chi connectivity index (χ1v) is 12.3. The summed E-state index contributed by atoms with van der Waals surface area (Å²) in [7, 11) is -3.81. The van der Waals surface area contributed by atoms with E-state index >= 15 is 0 Å². The summed E-state index contributed by atoms with van der Waals surface area (Å²) in [6.45, 7) is 4.58. The van der Waals surface area contributed by atoms with E-state index < -0.39 is 10.0 Å². The molecule has 7 nitrogen and oxygen atoms in total. The van der Waals surface area contributed by atoms with Gasteiger partial charge in [0.05, 0.1) is 16.8 Å². The van der Waals surface area contributed by atoms with Gasteiger partial charge >= 0.3 is 0 Å². The average molecular weight is 451 g/mol. The summed E-state index contributed by atoms with van der Waals surface area (Å²) in [6.07, 6.45) is 4.78. The molecule has 2 heterocycles. The van der Waals surface area contributed by atoms with Crippen molar-refractivity contribution in [3.8, 4) is 0 Å². The van der Waals surface area contributed by atoms with Crippen LogP contribution in [0.4, 0.5) is 11.5 Å². The van der Waals surface area contributed by atoms with Gasteiger partial charge < -0.3 is 5.32 Å². The first-order chi connectivity index (χ1) is 15.3. The van der Waals surface area contributed by atoms with Crippen molar-refractivity contribution in [2.24, 2.45) is 5.92 Å². The van der Waals surface area contributed by atoms with Crippen molar-refractivity contribution in [1.29, 1.82) is 0 Å². The minimum absolute atomic E-state index is 0.108. The lowest BCUT2D eigenvalue weighted by Crippen LogP contribution is -2.35. The van der Waals surface area contributed by atoms with E-state index in [1.165, 1.54) is 23.2 Å². The Morgan fingerprint density at radius 1 is 1.16 bits per heavy atom. The number of sulfonamides is 1. The lowest BCUT2D eigenvalue weighted by Gasteiger charge is -2.24. The third-order valence-corrected chi connectivity index (χ3v) is 8.10. The van der Waals surface area contributed by atoms with E-state index in [1.807, 2.05) is 42.8 Å². The second-order valence-electron chi connectivity index (χ2n) is 8.77. The van der Waals surface area contributed by atoms with Crippen LogP contribution in [-0.4, -0.2) is 30.1 Å². The van der Waals surface area contributed by atoms with Gasteiger partial charge in [0.1, 0.15) is 5.82 Å². The first-order valence-electron chi connectivity index (χ1n) is 10.9. The first kappa shape index (κ1) is 20.8. The maximum atomic E-state index is 13.5. The van der Waals surface area contributed by atoms with Crippen LogP contribution in [-0.2, 0) is 23.0 Å². The molecule has 1 atom stereocenters. The van der Waals surface area contributed by atoms with Crippen molar-refractivity contribution >= 4 is 27.4 Å². The quantitative estimate of drug-likeness (QED) is 0.615.